The molecule has 2 bridgehead atoms. The Labute approximate surface area is 112 Å². The van der Waals surface area contributed by atoms with Gasteiger partial charge in [-0.15, -0.1) is 0 Å². The van der Waals surface area contributed by atoms with Crippen LogP contribution in [0.15, 0.2) is 42.3 Å². The number of hydrogen-bond acceptors (Lipinski definition) is 4. The molecule has 4 aliphatic heterocycles. The van der Waals surface area contributed by atoms with Gasteiger partial charge < -0.3 is 4.74 Å². The normalized spacial score (nSPS) is 36.1. The number of piperidine rings is 3. The third kappa shape index (κ3) is 1.91. The van der Waals surface area contributed by atoms with Gasteiger partial charge in [-0.25, -0.2) is 5.48 Å². The highest BCUT2D eigenvalue weighted by atomic mass is 16.7. The summed E-state index contributed by atoms with van der Waals surface area (Å²) in [6.45, 7) is 3.39. The van der Waals surface area contributed by atoms with E-state index in [2.05, 4.69) is 16.5 Å². The summed E-state index contributed by atoms with van der Waals surface area (Å²) in [5.74, 6) is 2.17. The van der Waals surface area contributed by atoms with Crippen LogP contribution in [-0.4, -0.2) is 30.1 Å². The van der Waals surface area contributed by atoms with Crippen molar-refractivity contribution in [2.45, 2.75) is 18.4 Å². The first-order valence-electron chi connectivity index (χ1n) is 6.96. The van der Waals surface area contributed by atoms with Crippen LogP contribution in [0.3, 0.4) is 0 Å². The van der Waals surface area contributed by atoms with E-state index >= 15 is 0 Å². The molecule has 4 nitrogen and oxygen atoms in total. The Morgan fingerprint density at radius 2 is 2.00 bits per heavy atom. The van der Waals surface area contributed by atoms with Crippen molar-refractivity contribution in [3.05, 3.63) is 42.3 Å². The fourth-order valence-electron chi connectivity index (χ4n) is 3.43. The van der Waals surface area contributed by atoms with E-state index in [9.17, 15) is 0 Å². The third-order valence-corrected chi connectivity index (χ3v) is 4.44. The van der Waals surface area contributed by atoms with E-state index in [1.165, 1.54) is 25.9 Å². The maximum atomic E-state index is 5.89. The monoisotopic (exact) mass is 258 g/mol. The lowest BCUT2D eigenvalue weighted by Gasteiger charge is -2.48. The van der Waals surface area contributed by atoms with Crippen LogP contribution < -0.4 is 10.2 Å². The number of fused-ring (bicyclic) bond motifs is 2. The predicted molar refractivity (Wildman–Crippen MR) is 71.3 cm³/mol. The van der Waals surface area contributed by atoms with Crippen molar-refractivity contribution in [1.29, 1.82) is 0 Å². The molecule has 5 rings (SSSR count). The smallest absolute Gasteiger partial charge is 0.216 e. The lowest BCUT2D eigenvalue weighted by Crippen LogP contribution is -2.58. The standard InChI is InChI=1S/C15H18N2O2/c1-2-4-13(5-3-1)18-14-10-15(19-16-14)11-17-8-6-12(15)7-9-17/h1-5,10,12,16H,6-9,11H2. The van der Waals surface area contributed by atoms with Crippen LogP contribution in [0.4, 0.5) is 0 Å². The van der Waals surface area contributed by atoms with Crippen molar-refractivity contribution in [1.82, 2.24) is 10.4 Å². The number of para-hydroxylation sites is 1. The number of nitrogens with zero attached hydrogens (tertiary/aromatic N) is 1. The van der Waals surface area contributed by atoms with E-state index in [0.29, 0.717) is 5.92 Å². The summed E-state index contributed by atoms with van der Waals surface area (Å²) in [4.78, 5) is 8.37. The van der Waals surface area contributed by atoms with Crippen molar-refractivity contribution in [3.63, 3.8) is 0 Å². The maximum Gasteiger partial charge on any atom is 0.216 e. The fraction of sp³-hybridized carbons (Fsp3) is 0.467. The SMILES string of the molecule is C1=C(Oc2ccccc2)NOC12CN1CCC2CC1. The Morgan fingerprint density at radius 1 is 1.21 bits per heavy atom. The molecule has 0 saturated carbocycles. The summed E-state index contributed by atoms with van der Waals surface area (Å²) >= 11 is 0. The molecule has 100 valence electrons. The van der Waals surface area contributed by atoms with E-state index in [4.69, 9.17) is 9.57 Å². The van der Waals surface area contributed by atoms with Gasteiger partial charge in [0.2, 0.25) is 5.88 Å². The molecule has 4 heteroatoms. The van der Waals surface area contributed by atoms with E-state index in [1.54, 1.807) is 0 Å². The third-order valence-electron chi connectivity index (χ3n) is 4.44. The Kier molecular flexibility index (Phi) is 2.53. The quantitative estimate of drug-likeness (QED) is 0.878. The van der Waals surface area contributed by atoms with E-state index in [0.717, 1.165) is 18.2 Å². The highest BCUT2D eigenvalue weighted by Gasteiger charge is 2.50. The Morgan fingerprint density at radius 3 is 2.68 bits per heavy atom. The molecule has 0 aliphatic carbocycles. The second-order valence-electron chi connectivity index (χ2n) is 5.63. The van der Waals surface area contributed by atoms with Gasteiger partial charge in [0.05, 0.1) is 0 Å². The summed E-state index contributed by atoms with van der Waals surface area (Å²) in [7, 11) is 0. The molecular weight excluding hydrogens is 240 g/mol. The van der Waals surface area contributed by atoms with Crippen LogP contribution in [0.2, 0.25) is 0 Å². The molecule has 0 amide bonds. The number of ether oxygens (including phenoxy) is 1. The lowest BCUT2D eigenvalue weighted by molar-refractivity contribution is -0.141. The van der Waals surface area contributed by atoms with E-state index < -0.39 is 0 Å². The maximum absolute atomic E-state index is 5.89. The van der Waals surface area contributed by atoms with Gasteiger partial charge in [-0.05, 0) is 44.0 Å². The number of benzene rings is 1. The molecule has 1 aromatic rings. The molecule has 1 N–H and O–H groups in total. The molecule has 1 spiro atoms. The highest BCUT2D eigenvalue weighted by Crippen LogP contribution is 2.41. The molecule has 0 aromatic heterocycles. The summed E-state index contributed by atoms with van der Waals surface area (Å²) in [6.07, 6.45) is 4.57. The van der Waals surface area contributed by atoms with Crippen molar-refractivity contribution >= 4 is 0 Å². The van der Waals surface area contributed by atoms with Gasteiger partial charge in [-0.3, -0.25) is 9.74 Å². The first-order chi connectivity index (χ1) is 9.34. The van der Waals surface area contributed by atoms with Crippen molar-refractivity contribution in [2.75, 3.05) is 19.6 Å². The van der Waals surface area contributed by atoms with Gasteiger partial charge in [0, 0.05) is 12.6 Å². The minimum Gasteiger partial charge on any atom is -0.439 e. The largest absolute Gasteiger partial charge is 0.439 e. The molecule has 1 atom stereocenters. The zero-order valence-corrected chi connectivity index (χ0v) is 10.8. The zero-order valence-electron chi connectivity index (χ0n) is 10.8. The zero-order chi connectivity index (χ0) is 12.7. The van der Waals surface area contributed by atoms with Gasteiger partial charge in [0.15, 0.2) is 0 Å². The molecule has 1 unspecified atom stereocenters. The van der Waals surface area contributed by atoms with Crippen LogP contribution in [0, 0.1) is 5.92 Å². The minimum atomic E-state index is -0.180. The van der Waals surface area contributed by atoms with Crippen molar-refractivity contribution in [2.24, 2.45) is 5.92 Å². The number of nitrogens with one attached hydrogen (secondary N) is 1. The molecular formula is C15H18N2O2. The lowest BCUT2D eigenvalue weighted by atomic mass is 9.75. The van der Waals surface area contributed by atoms with Crippen LogP contribution in [-0.2, 0) is 4.84 Å². The van der Waals surface area contributed by atoms with Gasteiger partial charge in [0.25, 0.3) is 0 Å². The van der Waals surface area contributed by atoms with Gasteiger partial charge in [0.1, 0.15) is 11.4 Å². The number of hydroxylamine groups is 1. The van der Waals surface area contributed by atoms with Crippen molar-refractivity contribution < 1.29 is 9.57 Å². The van der Waals surface area contributed by atoms with Gasteiger partial charge >= 0.3 is 0 Å². The Balaban J connectivity index is 1.55. The van der Waals surface area contributed by atoms with E-state index in [-0.39, 0.29) is 5.60 Å². The van der Waals surface area contributed by atoms with Gasteiger partial charge in [-0.1, -0.05) is 18.2 Å². The summed E-state index contributed by atoms with van der Waals surface area (Å²) in [6, 6.07) is 9.81. The van der Waals surface area contributed by atoms with Crippen LogP contribution in [0.5, 0.6) is 5.75 Å². The summed E-state index contributed by atoms with van der Waals surface area (Å²) in [5, 5.41) is 0. The minimum absolute atomic E-state index is 0.180. The van der Waals surface area contributed by atoms with E-state index in [1.807, 2.05) is 30.3 Å². The molecule has 3 saturated heterocycles. The molecule has 4 heterocycles. The van der Waals surface area contributed by atoms with Crippen LogP contribution >= 0.6 is 0 Å². The summed E-state index contributed by atoms with van der Waals surface area (Å²) in [5.41, 5.74) is 2.78. The molecule has 1 aromatic carbocycles. The Bertz CT molecular complexity index is 494. The van der Waals surface area contributed by atoms with Crippen molar-refractivity contribution in [3.8, 4) is 5.75 Å². The second kappa shape index (κ2) is 4.25. The molecule has 4 aliphatic rings. The molecule has 19 heavy (non-hydrogen) atoms. The predicted octanol–water partition coefficient (Wildman–Crippen LogP) is 1.91. The Hall–Kier alpha value is -1.52. The first-order valence-corrected chi connectivity index (χ1v) is 6.96. The van der Waals surface area contributed by atoms with Crippen LogP contribution in [0.25, 0.3) is 0 Å². The average Bonchev–Trinajstić information content (AvgIpc) is 2.84. The number of rotatable bonds is 2. The first kappa shape index (κ1) is 11.3. The topological polar surface area (TPSA) is 33.7 Å². The average molecular weight is 258 g/mol. The second-order valence-corrected chi connectivity index (χ2v) is 5.63. The van der Waals surface area contributed by atoms with Crippen LogP contribution in [0.1, 0.15) is 12.8 Å². The summed E-state index contributed by atoms with van der Waals surface area (Å²) < 4.78 is 5.82. The fourth-order valence-corrected chi connectivity index (χ4v) is 3.43. The number of hydrogen-bond donors (Lipinski definition) is 1. The highest BCUT2D eigenvalue weighted by molar-refractivity contribution is 5.25. The molecule has 3 fully saturated rings. The molecule has 0 radical (unpaired) electrons. The van der Waals surface area contributed by atoms with Gasteiger partial charge in [-0.2, -0.15) is 0 Å².